The number of ether oxygens (including phenoxy) is 2. The highest BCUT2D eigenvalue weighted by Crippen LogP contribution is 2.31. The quantitative estimate of drug-likeness (QED) is 0.623. The third kappa shape index (κ3) is 2.42. The van der Waals surface area contributed by atoms with Crippen LogP contribution < -0.4 is 20.7 Å². The molecule has 1 heterocycles. The van der Waals surface area contributed by atoms with Gasteiger partial charge in [-0.1, -0.05) is 6.07 Å². The van der Waals surface area contributed by atoms with Crippen molar-refractivity contribution in [1.82, 2.24) is 14.2 Å². The number of methoxy groups -OCH3 is 2. The lowest BCUT2D eigenvalue weighted by molar-refractivity contribution is 0.354. The van der Waals surface area contributed by atoms with Gasteiger partial charge in [0.2, 0.25) is 0 Å². The van der Waals surface area contributed by atoms with Gasteiger partial charge >= 0.3 is 0 Å². The van der Waals surface area contributed by atoms with Crippen LogP contribution in [0.3, 0.4) is 0 Å². The lowest BCUT2D eigenvalue weighted by Crippen LogP contribution is -2.29. The first-order valence-electron chi connectivity index (χ1n) is 5.25. The van der Waals surface area contributed by atoms with Gasteiger partial charge in [0.15, 0.2) is 11.5 Å². The van der Waals surface area contributed by atoms with Gasteiger partial charge in [0.1, 0.15) is 0 Å². The van der Waals surface area contributed by atoms with Crippen molar-refractivity contribution in [2.75, 3.05) is 14.2 Å². The summed E-state index contributed by atoms with van der Waals surface area (Å²) in [5.41, 5.74) is 4.42. The third-order valence-corrected chi connectivity index (χ3v) is 3.07. The van der Waals surface area contributed by atoms with Gasteiger partial charge in [-0.05, 0) is 17.7 Å². The van der Waals surface area contributed by atoms with Crippen LogP contribution in [0.15, 0.2) is 24.4 Å². The average Bonchev–Trinajstić information content (AvgIpc) is 2.93. The number of hydrogen-bond acceptors (Lipinski definition) is 7. The SMILES string of the molecule is COc1ccc(C(NN)c2cnsn2)cc1OC. The van der Waals surface area contributed by atoms with E-state index in [-0.39, 0.29) is 6.04 Å². The zero-order valence-electron chi connectivity index (χ0n) is 10.1. The molecule has 1 aromatic carbocycles. The lowest BCUT2D eigenvalue weighted by Gasteiger charge is -2.15. The van der Waals surface area contributed by atoms with Gasteiger partial charge in [-0.25, -0.2) is 5.43 Å². The van der Waals surface area contributed by atoms with Crippen molar-refractivity contribution in [3.05, 3.63) is 35.7 Å². The Hall–Kier alpha value is -1.70. The first-order valence-corrected chi connectivity index (χ1v) is 5.98. The van der Waals surface area contributed by atoms with Crippen molar-refractivity contribution in [2.45, 2.75) is 6.04 Å². The van der Waals surface area contributed by atoms with Crippen molar-refractivity contribution in [2.24, 2.45) is 5.84 Å². The summed E-state index contributed by atoms with van der Waals surface area (Å²) in [6.07, 6.45) is 1.69. The minimum Gasteiger partial charge on any atom is -0.493 e. The normalized spacial score (nSPS) is 12.2. The van der Waals surface area contributed by atoms with Crippen LogP contribution >= 0.6 is 11.7 Å². The van der Waals surface area contributed by atoms with Gasteiger partial charge < -0.3 is 9.47 Å². The Morgan fingerprint density at radius 2 is 2.06 bits per heavy atom. The summed E-state index contributed by atoms with van der Waals surface area (Å²) in [6.45, 7) is 0. The van der Waals surface area contributed by atoms with Gasteiger partial charge in [-0.3, -0.25) is 5.84 Å². The molecule has 0 saturated carbocycles. The molecule has 1 atom stereocenters. The number of nitrogens with one attached hydrogen (secondary N) is 1. The topological polar surface area (TPSA) is 82.3 Å². The lowest BCUT2D eigenvalue weighted by atomic mass is 10.0. The maximum Gasteiger partial charge on any atom is 0.161 e. The second kappa shape index (κ2) is 5.76. The maximum absolute atomic E-state index is 5.57. The van der Waals surface area contributed by atoms with Crippen molar-refractivity contribution in [3.8, 4) is 11.5 Å². The molecule has 0 aliphatic heterocycles. The molecule has 0 amide bonds. The molecule has 0 spiro atoms. The fourth-order valence-electron chi connectivity index (χ4n) is 1.68. The minimum absolute atomic E-state index is 0.219. The van der Waals surface area contributed by atoms with E-state index in [0.29, 0.717) is 11.5 Å². The summed E-state index contributed by atoms with van der Waals surface area (Å²) in [6, 6.07) is 5.38. The second-order valence-electron chi connectivity index (χ2n) is 3.55. The van der Waals surface area contributed by atoms with E-state index in [9.17, 15) is 0 Å². The molecule has 96 valence electrons. The Balaban J connectivity index is 2.37. The highest BCUT2D eigenvalue weighted by Gasteiger charge is 2.17. The Morgan fingerprint density at radius 1 is 1.28 bits per heavy atom. The maximum atomic E-state index is 5.57. The second-order valence-corrected chi connectivity index (χ2v) is 4.10. The Labute approximate surface area is 109 Å². The monoisotopic (exact) mass is 266 g/mol. The molecule has 3 N–H and O–H groups in total. The van der Waals surface area contributed by atoms with E-state index in [1.54, 1.807) is 20.4 Å². The number of rotatable bonds is 5. The van der Waals surface area contributed by atoms with Crippen LogP contribution in [0.1, 0.15) is 17.3 Å². The highest BCUT2D eigenvalue weighted by atomic mass is 32.1. The van der Waals surface area contributed by atoms with Crippen LogP contribution in [0.4, 0.5) is 0 Å². The van der Waals surface area contributed by atoms with Gasteiger partial charge in [-0.2, -0.15) is 8.75 Å². The fraction of sp³-hybridized carbons (Fsp3) is 0.273. The molecule has 0 aliphatic rings. The molecule has 1 unspecified atom stereocenters. The summed E-state index contributed by atoms with van der Waals surface area (Å²) < 4.78 is 18.6. The number of hydrazine groups is 1. The van der Waals surface area contributed by atoms with Gasteiger partial charge in [0, 0.05) is 0 Å². The average molecular weight is 266 g/mol. The van der Waals surface area contributed by atoms with E-state index in [0.717, 1.165) is 23.0 Å². The number of hydrogen-bond donors (Lipinski definition) is 2. The fourth-order valence-corrected chi connectivity index (χ4v) is 2.13. The largest absolute Gasteiger partial charge is 0.493 e. The zero-order chi connectivity index (χ0) is 13.0. The van der Waals surface area contributed by atoms with E-state index in [2.05, 4.69) is 14.2 Å². The van der Waals surface area contributed by atoms with Crippen molar-refractivity contribution in [3.63, 3.8) is 0 Å². The van der Waals surface area contributed by atoms with Crippen LogP contribution in [-0.2, 0) is 0 Å². The molecule has 0 radical (unpaired) electrons. The predicted octanol–water partition coefficient (Wildman–Crippen LogP) is 1.11. The molecule has 0 aliphatic carbocycles. The van der Waals surface area contributed by atoms with E-state index < -0.39 is 0 Å². The summed E-state index contributed by atoms with van der Waals surface area (Å²) >= 11 is 1.14. The van der Waals surface area contributed by atoms with Crippen molar-refractivity contribution in [1.29, 1.82) is 0 Å². The number of nitrogens with zero attached hydrogens (tertiary/aromatic N) is 2. The van der Waals surface area contributed by atoms with Gasteiger partial charge in [0.25, 0.3) is 0 Å². The summed E-state index contributed by atoms with van der Waals surface area (Å²) in [7, 11) is 3.19. The van der Waals surface area contributed by atoms with Crippen LogP contribution in [0, 0.1) is 0 Å². The molecular formula is C11H14N4O2S. The van der Waals surface area contributed by atoms with Crippen LogP contribution in [0.2, 0.25) is 0 Å². The molecule has 2 rings (SSSR count). The van der Waals surface area contributed by atoms with E-state index in [4.69, 9.17) is 15.3 Å². The smallest absolute Gasteiger partial charge is 0.161 e. The summed E-state index contributed by atoms with van der Waals surface area (Å²) in [5, 5.41) is 0. The number of nitrogens with two attached hydrogens (primary N) is 1. The van der Waals surface area contributed by atoms with Gasteiger partial charge in [0.05, 0.1) is 43.9 Å². The van der Waals surface area contributed by atoms with Crippen LogP contribution in [-0.4, -0.2) is 23.0 Å². The van der Waals surface area contributed by atoms with Gasteiger partial charge in [-0.15, -0.1) is 0 Å². The van der Waals surface area contributed by atoms with Crippen molar-refractivity contribution >= 4 is 11.7 Å². The molecule has 0 saturated heterocycles. The molecule has 2 aromatic rings. The first kappa shape index (κ1) is 12.7. The Morgan fingerprint density at radius 3 is 2.61 bits per heavy atom. The zero-order valence-corrected chi connectivity index (χ0v) is 10.9. The standard InChI is InChI=1S/C11H14N4O2S/c1-16-9-4-3-7(5-10(9)17-2)11(14-12)8-6-13-18-15-8/h3-6,11,14H,12H2,1-2H3. The molecule has 6 nitrogen and oxygen atoms in total. The van der Waals surface area contributed by atoms with Crippen molar-refractivity contribution < 1.29 is 9.47 Å². The molecule has 0 fully saturated rings. The predicted molar refractivity (Wildman–Crippen MR) is 68.6 cm³/mol. The molecule has 0 bridgehead atoms. The third-order valence-electron chi connectivity index (χ3n) is 2.58. The Kier molecular flexibility index (Phi) is 4.08. The summed E-state index contributed by atoms with van der Waals surface area (Å²) in [4.78, 5) is 0. The first-order chi connectivity index (χ1) is 8.80. The Bertz CT molecular complexity index is 504. The van der Waals surface area contributed by atoms with Crippen LogP contribution in [0.25, 0.3) is 0 Å². The minimum atomic E-state index is -0.219. The van der Waals surface area contributed by atoms with E-state index >= 15 is 0 Å². The number of benzene rings is 1. The van der Waals surface area contributed by atoms with Crippen LogP contribution in [0.5, 0.6) is 11.5 Å². The molecule has 18 heavy (non-hydrogen) atoms. The molecule has 1 aromatic heterocycles. The highest BCUT2D eigenvalue weighted by molar-refractivity contribution is 6.99. The van der Waals surface area contributed by atoms with E-state index in [1.165, 1.54) is 0 Å². The summed E-state index contributed by atoms with van der Waals surface area (Å²) in [5.74, 6) is 6.90. The molecule has 7 heteroatoms. The van der Waals surface area contributed by atoms with E-state index in [1.807, 2.05) is 18.2 Å². The number of aromatic nitrogens is 2. The molecular weight excluding hydrogens is 252 g/mol.